The van der Waals surface area contributed by atoms with Gasteiger partial charge in [0.05, 0.1) is 11.4 Å². The molecule has 1 unspecified atom stereocenters. The fourth-order valence-corrected chi connectivity index (χ4v) is 2.77. The summed E-state index contributed by atoms with van der Waals surface area (Å²) in [5, 5.41) is 4.27. The lowest BCUT2D eigenvalue weighted by molar-refractivity contribution is 0.378. The van der Waals surface area contributed by atoms with Crippen molar-refractivity contribution in [2.75, 3.05) is 5.75 Å². The van der Waals surface area contributed by atoms with Gasteiger partial charge < -0.3 is 10.3 Å². The van der Waals surface area contributed by atoms with Gasteiger partial charge in [0, 0.05) is 12.1 Å². The van der Waals surface area contributed by atoms with E-state index in [9.17, 15) is 0 Å². The molecule has 1 aromatic rings. The zero-order valence-electron chi connectivity index (χ0n) is 6.82. The van der Waals surface area contributed by atoms with Crippen LogP contribution >= 0.6 is 11.8 Å². The Hall–Kier alpha value is -0.480. The van der Waals surface area contributed by atoms with Crippen LogP contribution in [0.5, 0.6) is 0 Å². The first-order valence-electron chi connectivity index (χ1n) is 4.17. The van der Waals surface area contributed by atoms with Crippen LogP contribution in [0.25, 0.3) is 0 Å². The van der Waals surface area contributed by atoms with Gasteiger partial charge in [0.2, 0.25) is 0 Å². The highest BCUT2D eigenvalue weighted by Gasteiger charge is 2.23. The number of rotatable bonds is 2. The molecular formula is C8H12N2OS. The van der Waals surface area contributed by atoms with Gasteiger partial charge in [-0.2, -0.15) is 11.8 Å². The largest absolute Gasteiger partial charge is 0.360 e. The van der Waals surface area contributed by atoms with Crippen LogP contribution < -0.4 is 5.73 Å². The van der Waals surface area contributed by atoms with Crippen molar-refractivity contribution in [3.05, 3.63) is 17.5 Å². The predicted octanol–water partition coefficient (Wildman–Crippen LogP) is 1.70. The summed E-state index contributed by atoms with van der Waals surface area (Å²) < 4.78 is 5.19. The molecule has 3 nitrogen and oxygen atoms in total. The zero-order valence-corrected chi connectivity index (χ0v) is 7.64. The maximum Gasteiger partial charge on any atom is 0.154 e. The van der Waals surface area contributed by atoms with Crippen molar-refractivity contribution < 1.29 is 4.52 Å². The van der Waals surface area contributed by atoms with Gasteiger partial charge in [-0.3, -0.25) is 0 Å². The van der Waals surface area contributed by atoms with E-state index in [1.807, 2.05) is 11.8 Å². The molecule has 0 aliphatic carbocycles. The van der Waals surface area contributed by atoms with Gasteiger partial charge >= 0.3 is 0 Å². The van der Waals surface area contributed by atoms with Crippen molar-refractivity contribution in [1.82, 2.24) is 5.16 Å². The van der Waals surface area contributed by atoms with Crippen molar-refractivity contribution in [3.8, 4) is 0 Å². The van der Waals surface area contributed by atoms with Gasteiger partial charge in [0.25, 0.3) is 0 Å². The maximum absolute atomic E-state index is 5.55. The fourth-order valence-electron chi connectivity index (χ4n) is 1.47. The first kappa shape index (κ1) is 8.13. The Bertz CT molecular complexity index is 255. The molecule has 12 heavy (non-hydrogen) atoms. The molecule has 2 heterocycles. The molecule has 2 rings (SSSR count). The van der Waals surface area contributed by atoms with E-state index in [0.29, 0.717) is 11.8 Å². The first-order chi connectivity index (χ1) is 5.92. The van der Waals surface area contributed by atoms with E-state index in [4.69, 9.17) is 10.3 Å². The Labute approximate surface area is 75.7 Å². The molecular weight excluding hydrogens is 172 g/mol. The summed E-state index contributed by atoms with van der Waals surface area (Å²) in [4.78, 5) is 0. The second-order valence-corrected chi connectivity index (χ2v) is 4.23. The van der Waals surface area contributed by atoms with Crippen molar-refractivity contribution >= 4 is 11.8 Å². The van der Waals surface area contributed by atoms with Crippen molar-refractivity contribution in [2.45, 2.75) is 24.6 Å². The van der Waals surface area contributed by atoms with Gasteiger partial charge in [0.1, 0.15) is 0 Å². The van der Waals surface area contributed by atoms with E-state index in [1.54, 1.807) is 6.20 Å². The molecule has 2 N–H and O–H groups in total. The summed E-state index contributed by atoms with van der Waals surface area (Å²) in [6.45, 7) is 0.538. The van der Waals surface area contributed by atoms with Crippen LogP contribution in [0, 0.1) is 0 Å². The molecule has 0 aromatic carbocycles. The van der Waals surface area contributed by atoms with E-state index in [2.05, 4.69) is 5.16 Å². The second kappa shape index (κ2) is 3.49. The number of nitrogens with zero attached hydrogens (tertiary/aromatic N) is 1. The van der Waals surface area contributed by atoms with Crippen LogP contribution in [0.3, 0.4) is 0 Å². The molecule has 0 saturated carbocycles. The minimum atomic E-state index is 0.506. The zero-order chi connectivity index (χ0) is 8.39. The number of nitrogens with two attached hydrogens (primary N) is 1. The average molecular weight is 184 g/mol. The van der Waals surface area contributed by atoms with Crippen LogP contribution in [0.1, 0.15) is 29.4 Å². The topological polar surface area (TPSA) is 52.0 Å². The van der Waals surface area contributed by atoms with E-state index in [0.717, 1.165) is 11.3 Å². The minimum Gasteiger partial charge on any atom is -0.360 e. The van der Waals surface area contributed by atoms with Crippen LogP contribution in [-0.4, -0.2) is 10.9 Å². The summed E-state index contributed by atoms with van der Waals surface area (Å²) in [6, 6.07) is 0. The van der Waals surface area contributed by atoms with Crippen LogP contribution in [0.4, 0.5) is 0 Å². The standard InChI is InChI=1S/C8H12N2OS/c9-4-6-5-10-11-8(6)7-2-1-3-12-7/h5,7H,1-4,9H2. The van der Waals surface area contributed by atoms with Gasteiger partial charge in [-0.25, -0.2) is 0 Å². The molecule has 0 bridgehead atoms. The van der Waals surface area contributed by atoms with Gasteiger partial charge in [-0.1, -0.05) is 5.16 Å². The quantitative estimate of drug-likeness (QED) is 0.760. The van der Waals surface area contributed by atoms with E-state index in [1.165, 1.54) is 18.6 Å². The Morgan fingerprint density at radius 1 is 1.75 bits per heavy atom. The molecule has 1 saturated heterocycles. The molecule has 66 valence electrons. The molecule has 1 aliphatic heterocycles. The molecule has 1 atom stereocenters. The monoisotopic (exact) mass is 184 g/mol. The SMILES string of the molecule is NCc1cnoc1C1CCCS1. The Morgan fingerprint density at radius 3 is 3.33 bits per heavy atom. The van der Waals surface area contributed by atoms with Gasteiger partial charge in [0.15, 0.2) is 5.76 Å². The minimum absolute atomic E-state index is 0.506. The van der Waals surface area contributed by atoms with Crippen molar-refractivity contribution in [3.63, 3.8) is 0 Å². The van der Waals surface area contributed by atoms with E-state index >= 15 is 0 Å². The Balaban J connectivity index is 2.19. The van der Waals surface area contributed by atoms with Crippen LogP contribution in [-0.2, 0) is 6.54 Å². The number of thioether (sulfide) groups is 1. The van der Waals surface area contributed by atoms with Crippen LogP contribution in [0.2, 0.25) is 0 Å². The molecule has 0 amide bonds. The molecule has 1 fully saturated rings. The Morgan fingerprint density at radius 2 is 2.67 bits per heavy atom. The van der Waals surface area contributed by atoms with Crippen molar-refractivity contribution in [1.29, 1.82) is 0 Å². The average Bonchev–Trinajstić information content (AvgIpc) is 2.74. The second-order valence-electron chi connectivity index (χ2n) is 2.92. The molecule has 1 aromatic heterocycles. The maximum atomic E-state index is 5.55. The highest BCUT2D eigenvalue weighted by molar-refractivity contribution is 7.99. The smallest absolute Gasteiger partial charge is 0.154 e. The van der Waals surface area contributed by atoms with Crippen molar-refractivity contribution in [2.24, 2.45) is 5.73 Å². The van der Waals surface area contributed by atoms with Gasteiger partial charge in [-0.15, -0.1) is 0 Å². The summed E-state index contributed by atoms with van der Waals surface area (Å²) in [5.74, 6) is 2.23. The number of hydrogen-bond donors (Lipinski definition) is 1. The lowest BCUT2D eigenvalue weighted by atomic mass is 10.1. The molecule has 1 aliphatic rings. The highest BCUT2D eigenvalue weighted by atomic mass is 32.2. The summed E-state index contributed by atoms with van der Waals surface area (Å²) in [6.07, 6.45) is 4.21. The number of aromatic nitrogens is 1. The van der Waals surface area contributed by atoms with Gasteiger partial charge in [-0.05, 0) is 18.6 Å². The van der Waals surface area contributed by atoms with Crippen LogP contribution in [0.15, 0.2) is 10.7 Å². The normalized spacial score (nSPS) is 23.2. The third kappa shape index (κ3) is 1.36. The predicted molar refractivity (Wildman–Crippen MR) is 48.8 cm³/mol. The summed E-state index contributed by atoms with van der Waals surface area (Å²) >= 11 is 1.94. The molecule has 0 radical (unpaired) electrons. The highest BCUT2D eigenvalue weighted by Crippen LogP contribution is 2.40. The van der Waals surface area contributed by atoms with E-state index in [-0.39, 0.29) is 0 Å². The third-order valence-electron chi connectivity index (χ3n) is 2.12. The number of hydrogen-bond acceptors (Lipinski definition) is 4. The Kier molecular flexibility index (Phi) is 2.37. The van der Waals surface area contributed by atoms with E-state index < -0.39 is 0 Å². The fraction of sp³-hybridized carbons (Fsp3) is 0.625. The lowest BCUT2D eigenvalue weighted by Crippen LogP contribution is -1.99. The summed E-state index contributed by atoms with van der Waals surface area (Å²) in [7, 11) is 0. The molecule has 0 spiro atoms. The lowest BCUT2D eigenvalue weighted by Gasteiger charge is -2.04. The third-order valence-corrected chi connectivity index (χ3v) is 3.49. The molecule has 4 heteroatoms. The summed E-state index contributed by atoms with van der Waals surface area (Å²) in [5.41, 5.74) is 6.62. The first-order valence-corrected chi connectivity index (χ1v) is 5.22.